The van der Waals surface area contributed by atoms with Crippen LogP contribution >= 0.6 is 34.5 Å². The number of esters is 1. The molecular formula is C33H32Cl2FN3O7S2. The number of methoxy groups -OCH3 is 3. The minimum absolute atomic E-state index is 0.0390. The molecule has 0 radical (unpaired) electrons. The molecule has 4 aromatic rings. The Labute approximate surface area is 293 Å². The molecule has 0 aliphatic carbocycles. The fraction of sp³-hybridized carbons (Fsp3) is 0.273. The predicted octanol–water partition coefficient (Wildman–Crippen LogP) is 6.83. The van der Waals surface area contributed by atoms with Crippen molar-refractivity contribution in [2.75, 3.05) is 45.3 Å². The van der Waals surface area contributed by atoms with E-state index in [4.69, 9.17) is 48.6 Å². The van der Waals surface area contributed by atoms with E-state index in [1.807, 2.05) is 0 Å². The molecule has 0 saturated carbocycles. The molecule has 3 aromatic carbocycles. The predicted molar refractivity (Wildman–Crippen MR) is 184 cm³/mol. The van der Waals surface area contributed by atoms with Gasteiger partial charge in [-0.3, -0.25) is 9.69 Å². The maximum Gasteiger partial charge on any atom is 0.319 e. The monoisotopic (exact) mass is 735 g/mol. The van der Waals surface area contributed by atoms with Crippen molar-refractivity contribution in [2.45, 2.75) is 24.3 Å². The summed E-state index contributed by atoms with van der Waals surface area (Å²) in [6, 6.07) is 11.8. The zero-order valence-corrected chi connectivity index (χ0v) is 29.4. The standard InChI is InChI=1S/C33H32Cl2FN3O7S2/c1-5-13-38(21-32(40)45-4)14-6-7-22-16-24(34)9-11-28(22)46-30-19-27(36)31(18-26(30)35)48(41,42)39(33-37-12-15-47-33)20-23-8-10-25(43-2)17-29(23)44-3/h1,8-12,15-19H,6-7,13-14,20-21H2,2-4H3. The summed E-state index contributed by atoms with van der Waals surface area (Å²) in [5.41, 5.74) is 1.17. The molecule has 0 unspecified atom stereocenters. The minimum atomic E-state index is -4.54. The molecule has 254 valence electrons. The summed E-state index contributed by atoms with van der Waals surface area (Å²) in [7, 11) is -0.293. The summed E-state index contributed by atoms with van der Waals surface area (Å²) in [5, 5.41) is 2.03. The van der Waals surface area contributed by atoms with Crippen molar-refractivity contribution in [3.63, 3.8) is 0 Å². The number of hydrogen-bond acceptors (Lipinski definition) is 10. The molecule has 0 bridgehead atoms. The number of aromatic nitrogens is 1. The van der Waals surface area contributed by atoms with Crippen LogP contribution in [-0.2, 0) is 32.5 Å². The van der Waals surface area contributed by atoms with Gasteiger partial charge < -0.3 is 18.9 Å². The van der Waals surface area contributed by atoms with Gasteiger partial charge in [0.1, 0.15) is 33.7 Å². The Kier molecular flexibility index (Phi) is 12.9. The van der Waals surface area contributed by atoms with E-state index in [9.17, 15) is 13.2 Å². The number of sulfonamides is 1. The van der Waals surface area contributed by atoms with Gasteiger partial charge in [0.2, 0.25) is 0 Å². The summed E-state index contributed by atoms with van der Waals surface area (Å²) in [4.78, 5) is 17.0. The van der Waals surface area contributed by atoms with Gasteiger partial charge in [-0.2, -0.15) is 0 Å². The first-order valence-corrected chi connectivity index (χ1v) is 17.4. The smallest absolute Gasteiger partial charge is 0.319 e. The quantitative estimate of drug-likeness (QED) is 0.0904. The Morgan fingerprint density at radius 1 is 1.02 bits per heavy atom. The van der Waals surface area contributed by atoms with Gasteiger partial charge >= 0.3 is 5.97 Å². The number of benzene rings is 3. The van der Waals surface area contributed by atoms with E-state index in [0.717, 1.165) is 27.8 Å². The Hall–Kier alpha value is -4.06. The minimum Gasteiger partial charge on any atom is -0.497 e. The number of halogens is 3. The Balaban J connectivity index is 1.60. The second kappa shape index (κ2) is 16.9. The molecule has 0 saturated heterocycles. The maximum absolute atomic E-state index is 15.8. The van der Waals surface area contributed by atoms with Gasteiger partial charge in [0, 0.05) is 40.8 Å². The van der Waals surface area contributed by atoms with Crippen LogP contribution in [0.4, 0.5) is 9.52 Å². The first-order chi connectivity index (χ1) is 23.0. The van der Waals surface area contributed by atoms with Crippen LogP contribution in [0.15, 0.2) is 65.0 Å². The number of anilines is 1. The summed E-state index contributed by atoms with van der Waals surface area (Å²) in [6.45, 7) is 0.555. The van der Waals surface area contributed by atoms with E-state index >= 15 is 4.39 Å². The lowest BCUT2D eigenvalue weighted by Gasteiger charge is -2.23. The van der Waals surface area contributed by atoms with Crippen LogP contribution in [0.25, 0.3) is 0 Å². The third-order valence-corrected chi connectivity index (χ3v) is 10.2. The largest absolute Gasteiger partial charge is 0.497 e. The van der Waals surface area contributed by atoms with Crippen LogP contribution in [0.1, 0.15) is 17.5 Å². The number of rotatable bonds is 16. The molecule has 1 heterocycles. The highest BCUT2D eigenvalue weighted by Crippen LogP contribution is 2.38. The van der Waals surface area contributed by atoms with E-state index < -0.39 is 26.7 Å². The molecule has 0 atom stereocenters. The first-order valence-electron chi connectivity index (χ1n) is 14.3. The molecule has 0 amide bonds. The Morgan fingerprint density at radius 2 is 1.81 bits per heavy atom. The number of carbonyl (C=O) groups excluding carboxylic acids is 1. The van der Waals surface area contributed by atoms with E-state index in [2.05, 4.69) is 10.9 Å². The second-order valence-corrected chi connectivity index (χ2v) is 13.7. The summed E-state index contributed by atoms with van der Waals surface area (Å²) in [6.07, 6.45) is 7.92. The normalized spacial score (nSPS) is 11.2. The molecule has 15 heteroatoms. The Bertz CT molecular complexity index is 1890. The van der Waals surface area contributed by atoms with Crippen molar-refractivity contribution in [3.05, 3.63) is 87.1 Å². The van der Waals surface area contributed by atoms with Crippen LogP contribution in [0.5, 0.6) is 23.0 Å². The third-order valence-electron chi connectivity index (χ3n) is 7.05. The second-order valence-electron chi connectivity index (χ2n) is 10.2. The summed E-state index contributed by atoms with van der Waals surface area (Å²) < 4.78 is 66.3. The molecular weight excluding hydrogens is 704 g/mol. The lowest BCUT2D eigenvalue weighted by atomic mass is 10.1. The molecule has 1 aromatic heterocycles. The number of carbonyl (C=O) groups is 1. The van der Waals surface area contributed by atoms with E-state index in [-0.39, 0.29) is 35.5 Å². The number of hydrogen-bond donors (Lipinski definition) is 0. The molecule has 48 heavy (non-hydrogen) atoms. The topological polar surface area (TPSA) is 108 Å². The number of nitrogens with zero attached hydrogens (tertiary/aromatic N) is 3. The van der Waals surface area contributed by atoms with Crippen molar-refractivity contribution < 1.29 is 36.6 Å². The zero-order valence-electron chi connectivity index (χ0n) is 26.2. The fourth-order valence-corrected chi connectivity index (χ4v) is 7.49. The average Bonchev–Trinajstić information content (AvgIpc) is 3.60. The highest BCUT2D eigenvalue weighted by molar-refractivity contribution is 7.93. The number of ether oxygens (including phenoxy) is 4. The van der Waals surface area contributed by atoms with Gasteiger partial charge in [0.25, 0.3) is 10.0 Å². The first kappa shape index (κ1) is 36.8. The molecule has 0 aliphatic heterocycles. The van der Waals surface area contributed by atoms with Crippen LogP contribution in [-0.4, -0.2) is 65.2 Å². The van der Waals surface area contributed by atoms with Crippen LogP contribution in [0, 0.1) is 18.2 Å². The SMILES string of the molecule is C#CCN(CCCc1cc(Cl)ccc1Oc1cc(F)c(S(=O)(=O)N(Cc2ccc(OC)cc2OC)c2nccs2)cc1Cl)CC(=O)OC. The highest BCUT2D eigenvalue weighted by atomic mass is 35.5. The number of aryl methyl sites for hydroxylation is 1. The lowest BCUT2D eigenvalue weighted by Crippen LogP contribution is -2.32. The third kappa shape index (κ3) is 9.09. The van der Waals surface area contributed by atoms with E-state index in [1.165, 1.54) is 27.5 Å². The number of thiazole rings is 1. The Morgan fingerprint density at radius 3 is 2.48 bits per heavy atom. The zero-order chi connectivity index (χ0) is 34.8. The molecule has 10 nitrogen and oxygen atoms in total. The van der Waals surface area contributed by atoms with Crippen LogP contribution < -0.4 is 18.5 Å². The highest BCUT2D eigenvalue weighted by Gasteiger charge is 2.32. The van der Waals surface area contributed by atoms with Gasteiger partial charge in [-0.15, -0.1) is 17.8 Å². The van der Waals surface area contributed by atoms with Gasteiger partial charge in [0.05, 0.1) is 46.0 Å². The molecule has 0 aliphatic rings. The van der Waals surface area contributed by atoms with E-state index in [1.54, 1.807) is 46.7 Å². The van der Waals surface area contributed by atoms with Crippen molar-refractivity contribution in [2.24, 2.45) is 0 Å². The van der Waals surface area contributed by atoms with Crippen molar-refractivity contribution >= 4 is 55.7 Å². The van der Waals surface area contributed by atoms with Crippen LogP contribution in [0.3, 0.4) is 0 Å². The molecule has 0 spiro atoms. The summed E-state index contributed by atoms with van der Waals surface area (Å²) >= 11 is 13.9. The lowest BCUT2D eigenvalue weighted by molar-refractivity contribution is -0.141. The van der Waals surface area contributed by atoms with Gasteiger partial charge in [-0.05, 0) is 54.8 Å². The van der Waals surface area contributed by atoms with Crippen LogP contribution in [0.2, 0.25) is 10.0 Å². The van der Waals surface area contributed by atoms with E-state index in [0.29, 0.717) is 52.8 Å². The van der Waals surface area contributed by atoms with Crippen molar-refractivity contribution in [1.82, 2.24) is 9.88 Å². The van der Waals surface area contributed by atoms with Crippen molar-refractivity contribution in [3.8, 4) is 35.3 Å². The van der Waals surface area contributed by atoms with Gasteiger partial charge in [-0.25, -0.2) is 22.1 Å². The fourth-order valence-electron chi connectivity index (χ4n) is 4.68. The van der Waals surface area contributed by atoms with Gasteiger partial charge in [0.15, 0.2) is 5.13 Å². The van der Waals surface area contributed by atoms with Crippen molar-refractivity contribution in [1.29, 1.82) is 0 Å². The average molecular weight is 737 g/mol. The molecule has 0 fully saturated rings. The number of terminal acetylenes is 1. The maximum atomic E-state index is 15.8. The molecule has 4 rings (SSSR count). The van der Waals surface area contributed by atoms with Gasteiger partial charge in [-0.1, -0.05) is 29.1 Å². The summed E-state index contributed by atoms with van der Waals surface area (Å²) in [5.74, 6) is 2.16. The molecule has 0 N–H and O–H groups in total.